The Kier molecular flexibility index (Phi) is 9.79. The Bertz CT molecular complexity index is 1250. The van der Waals surface area contributed by atoms with Crippen LogP contribution in [-0.4, -0.2) is 71.7 Å². The summed E-state index contributed by atoms with van der Waals surface area (Å²) in [6, 6.07) is 10.2. The first-order chi connectivity index (χ1) is 19.1. The van der Waals surface area contributed by atoms with Crippen molar-refractivity contribution < 1.29 is 23.6 Å². The number of hydrogen-bond donors (Lipinski definition) is 2. The number of halogens is 2. The molecule has 40 heavy (non-hydrogen) atoms. The molecule has 2 aromatic carbocycles. The number of benzene rings is 2. The van der Waals surface area contributed by atoms with Gasteiger partial charge in [0.15, 0.2) is 0 Å². The van der Waals surface area contributed by atoms with Gasteiger partial charge in [-0.15, -0.1) is 0 Å². The number of rotatable bonds is 3. The van der Waals surface area contributed by atoms with Crippen LogP contribution in [0.4, 0.5) is 4.39 Å². The number of carbonyl (C=O) groups excluding carboxylic acids is 4. The van der Waals surface area contributed by atoms with E-state index in [2.05, 4.69) is 10.6 Å². The lowest BCUT2D eigenvalue weighted by atomic mass is 10.0. The van der Waals surface area contributed by atoms with Crippen LogP contribution in [0.5, 0.6) is 0 Å². The van der Waals surface area contributed by atoms with Crippen molar-refractivity contribution in [3.05, 3.63) is 70.0 Å². The third-order valence-electron chi connectivity index (χ3n) is 7.55. The minimum absolute atomic E-state index is 0.0510. The maximum Gasteiger partial charge on any atom is 0.257 e. The van der Waals surface area contributed by atoms with E-state index in [9.17, 15) is 23.6 Å². The molecule has 4 amide bonds. The number of nitrogens with zero attached hydrogens (tertiary/aromatic N) is 2. The van der Waals surface area contributed by atoms with Crippen LogP contribution in [0.1, 0.15) is 54.6 Å². The zero-order chi connectivity index (χ0) is 28.8. The molecular formula is C30H36ClFN4O4. The molecule has 2 N–H and O–H groups in total. The topological polar surface area (TPSA) is 98.8 Å². The summed E-state index contributed by atoms with van der Waals surface area (Å²) in [5.41, 5.74) is 1.48. The van der Waals surface area contributed by atoms with Gasteiger partial charge in [0.05, 0.1) is 18.5 Å². The lowest BCUT2D eigenvalue weighted by Crippen LogP contribution is -2.55. The Morgan fingerprint density at radius 3 is 2.58 bits per heavy atom. The molecule has 10 heteroatoms. The fourth-order valence-corrected chi connectivity index (χ4v) is 5.29. The summed E-state index contributed by atoms with van der Waals surface area (Å²) >= 11 is 5.99. The zero-order valence-electron chi connectivity index (χ0n) is 22.9. The molecule has 214 valence electrons. The summed E-state index contributed by atoms with van der Waals surface area (Å²) in [6.45, 7) is 4.54. The molecule has 0 aromatic heterocycles. The third-order valence-corrected chi connectivity index (χ3v) is 7.80. The summed E-state index contributed by atoms with van der Waals surface area (Å²) in [4.78, 5) is 56.1. The van der Waals surface area contributed by atoms with Crippen LogP contribution in [-0.2, 0) is 27.2 Å². The predicted molar refractivity (Wildman–Crippen MR) is 150 cm³/mol. The quantitative estimate of drug-likeness (QED) is 0.591. The second-order valence-corrected chi connectivity index (χ2v) is 11.3. The van der Waals surface area contributed by atoms with Gasteiger partial charge >= 0.3 is 0 Å². The molecule has 2 bridgehead atoms. The van der Waals surface area contributed by atoms with Gasteiger partial charge in [0.2, 0.25) is 17.7 Å². The van der Waals surface area contributed by atoms with Crippen molar-refractivity contribution in [1.29, 1.82) is 0 Å². The molecule has 0 saturated carbocycles. The summed E-state index contributed by atoms with van der Waals surface area (Å²) in [6.07, 6.45) is 2.27. The van der Waals surface area contributed by atoms with E-state index in [1.54, 1.807) is 36.4 Å². The minimum atomic E-state index is -0.742. The standard InChI is InChI=1S/C30H36ClFN4O4/c1-19(2)25-17-35(28(38)16-21-7-10-22(31)11-8-21)18-27(37)33-13-3-5-20-9-12-24(32)23(15-20)30(40)36-14-4-6-26(36)29(39)34-25/h7-12,15,19,25-26H,3-6,13-14,16-18H2,1-2H3,(H,33,37)(H,34,39)/t25-,26-/m0/s1. The van der Waals surface area contributed by atoms with Crippen LogP contribution < -0.4 is 10.6 Å². The van der Waals surface area contributed by atoms with Crippen LogP contribution in [0, 0.1) is 11.7 Å². The Morgan fingerprint density at radius 2 is 1.85 bits per heavy atom. The molecule has 2 aliphatic rings. The molecule has 2 atom stereocenters. The van der Waals surface area contributed by atoms with Crippen LogP contribution in [0.25, 0.3) is 0 Å². The molecular weight excluding hydrogens is 535 g/mol. The first-order valence-electron chi connectivity index (χ1n) is 13.8. The number of amides is 4. The van der Waals surface area contributed by atoms with Crippen LogP contribution in [0.3, 0.4) is 0 Å². The van der Waals surface area contributed by atoms with E-state index >= 15 is 0 Å². The van der Waals surface area contributed by atoms with Crippen molar-refractivity contribution in [3.8, 4) is 0 Å². The molecule has 1 fully saturated rings. The average Bonchev–Trinajstić information content (AvgIpc) is 3.41. The molecule has 0 aliphatic carbocycles. The van der Waals surface area contributed by atoms with Crippen molar-refractivity contribution in [2.24, 2.45) is 5.92 Å². The van der Waals surface area contributed by atoms with Crippen molar-refractivity contribution in [1.82, 2.24) is 20.4 Å². The normalized spacial score (nSPS) is 21.1. The highest BCUT2D eigenvalue weighted by Crippen LogP contribution is 2.23. The highest BCUT2D eigenvalue weighted by molar-refractivity contribution is 6.30. The third kappa shape index (κ3) is 7.38. The molecule has 2 aromatic rings. The van der Waals surface area contributed by atoms with Crippen LogP contribution in [0.2, 0.25) is 5.02 Å². The lowest BCUT2D eigenvalue weighted by Gasteiger charge is -2.32. The second-order valence-electron chi connectivity index (χ2n) is 10.9. The molecule has 0 radical (unpaired) electrons. The maximum atomic E-state index is 14.7. The molecule has 4 rings (SSSR count). The van der Waals surface area contributed by atoms with E-state index in [1.807, 2.05) is 13.8 Å². The lowest BCUT2D eigenvalue weighted by molar-refractivity contribution is -0.136. The Labute approximate surface area is 239 Å². The van der Waals surface area contributed by atoms with Gasteiger partial charge in [-0.3, -0.25) is 19.2 Å². The maximum absolute atomic E-state index is 14.7. The number of carbonyl (C=O) groups is 4. The SMILES string of the molecule is CC(C)[C@@H]1CN(C(=O)Cc2ccc(Cl)cc2)CC(=O)NCCCc2ccc(F)c(c2)C(=O)N2CCC[C@H]2C(=O)N1. The van der Waals surface area contributed by atoms with Crippen molar-refractivity contribution in [2.45, 2.75) is 58.0 Å². The van der Waals surface area contributed by atoms with E-state index in [4.69, 9.17) is 11.6 Å². The predicted octanol–water partition coefficient (Wildman–Crippen LogP) is 3.36. The largest absolute Gasteiger partial charge is 0.355 e. The monoisotopic (exact) mass is 570 g/mol. The van der Waals surface area contributed by atoms with Gasteiger partial charge in [-0.25, -0.2) is 4.39 Å². The van der Waals surface area contributed by atoms with Gasteiger partial charge in [-0.2, -0.15) is 0 Å². The Morgan fingerprint density at radius 1 is 1.10 bits per heavy atom. The van der Waals surface area contributed by atoms with Crippen LogP contribution >= 0.6 is 11.6 Å². The summed E-state index contributed by atoms with van der Waals surface area (Å²) < 4.78 is 14.7. The van der Waals surface area contributed by atoms with E-state index in [-0.39, 0.29) is 48.7 Å². The highest BCUT2D eigenvalue weighted by atomic mass is 35.5. The van der Waals surface area contributed by atoms with Crippen molar-refractivity contribution in [3.63, 3.8) is 0 Å². The zero-order valence-corrected chi connectivity index (χ0v) is 23.7. The average molecular weight is 571 g/mol. The number of fused-ring (bicyclic) bond motifs is 3. The molecule has 2 heterocycles. The van der Waals surface area contributed by atoms with E-state index in [0.29, 0.717) is 43.8 Å². The Balaban J connectivity index is 1.61. The Hall–Kier alpha value is -3.46. The van der Waals surface area contributed by atoms with E-state index < -0.39 is 23.8 Å². The fourth-order valence-electron chi connectivity index (χ4n) is 5.16. The molecule has 2 aliphatic heterocycles. The first-order valence-corrected chi connectivity index (χ1v) is 14.2. The summed E-state index contributed by atoms with van der Waals surface area (Å²) in [7, 11) is 0. The van der Waals surface area contributed by atoms with Gasteiger partial charge in [0.1, 0.15) is 11.9 Å². The second kappa shape index (κ2) is 13.3. The van der Waals surface area contributed by atoms with Gasteiger partial charge in [0, 0.05) is 30.7 Å². The van der Waals surface area contributed by atoms with Gasteiger partial charge in [-0.05, 0) is 67.0 Å². The summed E-state index contributed by atoms with van der Waals surface area (Å²) in [5.74, 6) is -2.10. The van der Waals surface area contributed by atoms with E-state index in [1.165, 1.54) is 15.9 Å². The molecule has 1 saturated heterocycles. The van der Waals surface area contributed by atoms with Gasteiger partial charge < -0.3 is 20.4 Å². The minimum Gasteiger partial charge on any atom is -0.355 e. The fraction of sp³-hybridized carbons (Fsp3) is 0.467. The van der Waals surface area contributed by atoms with Crippen molar-refractivity contribution >= 4 is 35.2 Å². The van der Waals surface area contributed by atoms with Crippen LogP contribution in [0.15, 0.2) is 42.5 Å². The number of hydrogen-bond acceptors (Lipinski definition) is 4. The smallest absolute Gasteiger partial charge is 0.257 e. The number of nitrogens with one attached hydrogen (secondary N) is 2. The summed E-state index contributed by atoms with van der Waals surface area (Å²) in [5, 5.41) is 6.45. The molecule has 8 nitrogen and oxygen atoms in total. The number of aryl methyl sites for hydroxylation is 1. The molecule has 0 unspecified atom stereocenters. The van der Waals surface area contributed by atoms with Gasteiger partial charge in [-0.1, -0.05) is 43.6 Å². The van der Waals surface area contributed by atoms with Crippen molar-refractivity contribution in [2.75, 3.05) is 26.2 Å². The highest BCUT2D eigenvalue weighted by Gasteiger charge is 2.37. The molecule has 0 spiro atoms. The first kappa shape index (κ1) is 29.5. The van der Waals surface area contributed by atoms with E-state index in [0.717, 1.165) is 11.1 Å². The van der Waals surface area contributed by atoms with Gasteiger partial charge in [0.25, 0.3) is 5.91 Å².